The Bertz CT molecular complexity index is 353. The standard InChI is InChI=1S/C14H25N3O/c1-5-6-7-18-14-16-10-13(12(4)17-14)9-15-8-11(2)3/h10-11,15H,5-9H2,1-4H3. The lowest BCUT2D eigenvalue weighted by Crippen LogP contribution is -2.20. The van der Waals surface area contributed by atoms with E-state index in [1.807, 2.05) is 13.1 Å². The average molecular weight is 251 g/mol. The minimum absolute atomic E-state index is 0.494. The Labute approximate surface area is 110 Å². The van der Waals surface area contributed by atoms with Crippen molar-refractivity contribution in [3.05, 3.63) is 17.5 Å². The van der Waals surface area contributed by atoms with E-state index in [1.165, 1.54) is 0 Å². The number of hydrogen-bond acceptors (Lipinski definition) is 4. The van der Waals surface area contributed by atoms with Gasteiger partial charge >= 0.3 is 6.01 Å². The van der Waals surface area contributed by atoms with Gasteiger partial charge in [0.05, 0.1) is 6.61 Å². The summed E-state index contributed by atoms with van der Waals surface area (Å²) in [6, 6.07) is 0.494. The first-order valence-electron chi connectivity index (χ1n) is 6.79. The maximum atomic E-state index is 5.48. The number of aryl methyl sites for hydroxylation is 1. The Morgan fingerprint density at radius 2 is 2.17 bits per heavy atom. The van der Waals surface area contributed by atoms with Crippen molar-refractivity contribution in [1.29, 1.82) is 0 Å². The van der Waals surface area contributed by atoms with Gasteiger partial charge in [-0.2, -0.15) is 0 Å². The van der Waals surface area contributed by atoms with Gasteiger partial charge in [0.15, 0.2) is 0 Å². The molecular formula is C14H25N3O. The second kappa shape index (κ2) is 8.03. The predicted molar refractivity (Wildman–Crippen MR) is 73.7 cm³/mol. The van der Waals surface area contributed by atoms with Crippen LogP contribution >= 0.6 is 0 Å². The van der Waals surface area contributed by atoms with Crippen LogP contribution in [0, 0.1) is 12.8 Å². The molecule has 1 heterocycles. The molecule has 18 heavy (non-hydrogen) atoms. The van der Waals surface area contributed by atoms with Crippen LogP contribution in [0.2, 0.25) is 0 Å². The van der Waals surface area contributed by atoms with E-state index in [9.17, 15) is 0 Å². The Hall–Kier alpha value is -1.16. The molecule has 0 aliphatic heterocycles. The van der Waals surface area contributed by atoms with Gasteiger partial charge in [0.1, 0.15) is 0 Å². The zero-order chi connectivity index (χ0) is 13.4. The monoisotopic (exact) mass is 251 g/mol. The van der Waals surface area contributed by atoms with Crippen LogP contribution in [0.5, 0.6) is 6.01 Å². The molecule has 0 aliphatic rings. The lowest BCUT2D eigenvalue weighted by molar-refractivity contribution is 0.284. The van der Waals surface area contributed by atoms with Crippen molar-refractivity contribution in [1.82, 2.24) is 15.3 Å². The molecule has 0 atom stereocenters. The number of hydrogen-bond donors (Lipinski definition) is 1. The van der Waals surface area contributed by atoms with Crippen LogP contribution < -0.4 is 10.1 Å². The molecule has 0 saturated heterocycles. The van der Waals surface area contributed by atoms with Gasteiger partial charge in [-0.15, -0.1) is 0 Å². The van der Waals surface area contributed by atoms with Crippen molar-refractivity contribution in [3.8, 4) is 6.01 Å². The van der Waals surface area contributed by atoms with Crippen LogP contribution in [0.25, 0.3) is 0 Å². The molecule has 102 valence electrons. The summed E-state index contributed by atoms with van der Waals surface area (Å²) < 4.78 is 5.48. The number of rotatable bonds is 8. The van der Waals surface area contributed by atoms with Gasteiger partial charge < -0.3 is 10.1 Å². The van der Waals surface area contributed by atoms with Crippen molar-refractivity contribution in [2.24, 2.45) is 5.92 Å². The van der Waals surface area contributed by atoms with E-state index in [1.54, 1.807) is 0 Å². The lowest BCUT2D eigenvalue weighted by atomic mass is 10.2. The van der Waals surface area contributed by atoms with E-state index in [4.69, 9.17) is 4.74 Å². The fraction of sp³-hybridized carbons (Fsp3) is 0.714. The summed E-state index contributed by atoms with van der Waals surface area (Å²) >= 11 is 0. The highest BCUT2D eigenvalue weighted by molar-refractivity contribution is 5.17. The smallest absolute Gasteiger partial charge is 0.316 e. The molecule has 0 spiro atoms. The van der Waals surface area contributed by atoms with Gasteiger partial charge in [0, 0.05) is 24.0 Å². The van der Waals surface area contributed by atoms with Gasteiger partial charge in [-0.1, -0.05) is 27.2 Å². The molecule has 0 aromatic carbocycles. The number of nitrogens with zero attached hydrogens (tertiary/aromatic N) is 2. The van der Waals surface area contributed by atoms with Gasteiger partial charge in [-0.05, 0) is 25.8 Å². The van der Waals surface area contributed by atoms with E-state index in [0.29, 0.717) is 18.5 Å². The van der Waals surface area contributed by atoms with E-state index < -0.39 is 0 Å². The van der Waals surface area contributed by atoms with E-state index in [2.05, 4.69) is 36.1 Å². The highest BCUT2D eigenvalue weighted by Gasteiger charge is 2.04. The van der Waals surface area contributed by atoms with Crippen LogP contribution in [-0.2, 0) is 6.54 Å². The highest BCUT2D eigenvalue weighted by Crippen LogP contribution is 2.09. The van der Waals surface area contributed by atoms with E-state index in [-0.39, 0.29) is 0 Å². The molecule has 1 aromatic heterocycles. The van der Waals surface area contributed by atoms with Gasteiger partial charge in [0.25, 0.3) is 0 Å². The minimum Gasteiger partial charge on any atom is -0.463 e. The van der Waals surface area contributed by atoms with Crippen molar-refractivity contribution in [3.63, 3.8) is 0 Å². The summed E-state index contributed by atoms with van der Waals surface area (Å²) in [6.45, 7) is 11.1. The number of ether oxygens (including phenoxy) is 1. The second-order valence-corrected chi connectivity index (χ2v) is 4.99. The predicted octanol–water partition coefficient (Wildman–Crippen LogP) is 2.71. The fourth-order valence-corrected chi connectivity index (χ4v) is 1.52. The molecule has 1 rings (SSSR count). The normalized spacial score (nSPS) is 10.9. The maximum Gasteiger partial charge on any atom is 0.316 e. The zero-order valence-electron chi connectivity index (χ0n) is 12.0. The number of nitrogens with one attached hydrogen (secondary N) is 1. The SMILES string of the molecule is CCCCOc1ncc(CNCC(C)C)c(C)n1. The number of aromatic nitrogens is 2. The van der Waals surface area contributed by atoms with Crippen molar-refractivity contribution < 1.29 is 4.74 Å². The first kappa shape index (κ1) is 14.9. The molecule has 0 unspecified atom stereocenters. The Morgan fingerprint density at radius 3 is 2.78 bits per heavy atom. The topological polar surface area (TPSA) is 47.0 Å². The molecule has 4 heteroatoms. The maximum absolute atomic E-state index is 5.48. The highest BCUT2D eigenvalue weighted by atomic mass is 16.5. The molecular weight excluding hydrogens is 226 g/mol. The van der Waals surface area contributed by atoms with Crippen LogP contribution in [0.3, 0.4) is 0 Å². The Morgan fingerprint density at radius 1 is 1.39 bits per heavy atom. The van der Waals surface area contributed by atoms with Crippen LogP contribution in [-0.4, -0.2) is 23.1 Å². The molecule has 0 bridgehead atoms. The molecule has 0 fully saturated rings. The third-order valence-corrected chi connectivity index (χ3v) is 2.66. The molecule has 0 aliphatic carbocycles. The minimum atomic E-state index is 0.494. The molecule has 0 radical (unpaired) electrons. The van der Waals surface area contributed by atoms with Crippen LogP contribution in [0.1, 0.15) is 44.9 Å². The van der Waals surface area contributed by atoms with Gasteiger partial charge in [0.2, 0.25) is 0 Å². The summed E-state index contributed by atoms with van der Waals surface area (Å²) in [7, 11) is 0. The fourth-order valence-electron chi connectivity index (χ4n) is 1.52. The summed E-state index contributed by atoms with van der Waals surface area (Å²) in [6.07, 6.45) is 4.02. The lowest BCUT2D eigenvalue weighted by Gasteiger charge is -2.10. The first-order chi connectivity index (χ1) is 8.63. The molecule has 4 nitrogen and oxygen atoms in total. The Balaban J connectivity index is 2.46. The van der Waals surface area contributed by atoms with Gasteiger partial charge in [-0.3, -0.25) is 0 Å². The second-order valence-electron chi connectivity index (χ2n) is 4.99. The summed E-state index contributed by atoms with van der Waals surface area (Å²) in [5, 5.41) is 3.39. The molecule has 1 aromatic rings. The van der Waals surface area contributed by atoms with Crippen LogP contribution in [0.15, 0.2) is 6.20 Å². The Kier molecular flexibility index (Phi) is 6.65. The molecule has 0 amide bonds. The largest absolute Gasteiger partial charge is 0.463 e. The zero-order valence-corrected chi connectivity index (χ0v) is 12.0. The third-order valence-electron chi connectivity index (χ3n) is 2.66. The van der Waals surface area contributed by atoms with Crippen molar-refractivity contribution in [2.45, 2.75) is 47.1 Å². The van der Waals surface area contributed by atoms with Gasteiger partial charge in [-0.25, -0.2) is 9.97 Å². The van der Waals surface area contributed by atoms with Crippen molar-refractivity contribution >= 4 is 0 Å². The molecule has 0 saturated carbocycles. The van der Waals surface area contributed by atoms with Crippen LogP contribution in [0.4, 0.5) is 0 Å². The van der Waals surface area contributed by atoms with Crippen molar-refractivity contribution in [2.75, 3.05) is 13.2 Å². The molecule has 1 N–H and O–H groups in total. The summed E-state index contributed by atoms with van der Waals surface area (Å²) in [4.78, 5) is 8.61. The first-order valence-corrected chi connectivity index (χ1v) is 6.79. The average Bonchev–Trinajstić information content (AvgIpc) is 2.32. The summed E-state index contributed by atoms with van der Waals surface area (Å²) in [5.41, 5.74) is 2.13. The van der Waals surface area contributed by atoms with E-state index >= 15 is 0 Å². The quantitative estimate of drug-likeness (QED) is 0.722. The van der Waals surface area contributed by atoms with E-state index in [0.717, 1.165) is 37.2 Å². The number of unbranched alkanes of at least 4 members (excludes halogenated alkanes) is 1. The summed E-state index contributed by atoms with van der Waals surface area (Å²) in [5.74, 6) is 0.655. The third kappa shape index (κ3) is 5.45.